The highest BCUT2D eigenvalue weighted by Crippen LogP contribution is 2.37. The maximum Gasteiger partial charge on any atom is 0.331 e. The van der Waals surface area contributed by atoms with Crippen LogP contribution < -0.4 is 11.0 Å². The lowest BCUT2D eigenvalue weighted by Crippen LogP contribution is -2.32. The Morgan fingerprint density at radius 2 is 1.81 bits per heavy atom. The average molecular weight is 434 g/mol. The highest BCUT2D eigenvalue weighted by atomic mass is 16.1. The molecule has 1 N–H and O–H groups in total. The number of benzene rings is 1. The number of anilines is 1. The molecule has 1 aromatic rings. The van der Waals surface area contributed by atoms with Gasteiger partial charge in [-0.15, -0.1) is 0 Å². The molecule has 0 spiro atoms. The third-order valence-electron chi connectivity index (χ3n) is 7.08. The molecule has 1 unspecified atom stereocenters. The van der Waals surface area contributed by atoms with Gasteiger partial charge in [0.05, 0.1) is 0 Å². The monoisotopic (exact) mass is 433 g/mol. The van der Waals surface area contributed by atoms with Crippen molar-refractivity contribution in [1.29, 1.82) is 0 Å². The molecule has 1 aromatic carbocycles. The molecule has 6 nitrogen and oxygen atoms in total. The molecule has 0 saturated heterocycles. The van der Waals surface area contributed by atoms with Crippen molar-refractivity contribution in [3.8, 4) is 11.5 Å². The first-order valence-electron chi connectivity index (χ1n) is 12.2. The zero-order valence-electron chi connectivity index (χ0n) is 19.8. The Hall–Kier alpha value is -2.63. The zero-order valence-corrected chi connectivity index (χ0v) is 19.8. The first kappa shape index (κ1) is 21.2. The van der Waals surface area contributed by atoms with Crippen molar-refractivity contribution in [3.05, 3.63) is 51.7 Å². The Morgan fingerprint density at radius 1 is 1.09 bits per heavy atom. The summed E-state index contributed by atoms with van der Waals surface area (Å²) in [6.45, 7) is 10.2. The maximum atomic E-state index is 13.4. The molecule has 3 aliphatic heterocycles. The van der Waals surface area contributed by atoms with Crippen molar-refractivity contribution in [2.45, 2.75) is 96.7 Å². The number of nitrogens with one attached hydrogen (secondary N) is 1. The second-order valence-electron chi connectivity index (χ2n) is 10.6. The van der Waals surface area contributed by atoms with Crippen LogP contribution in [0.2, 0.25) is 0 Å². The van der Waals surface area contributed by atoms with Crippen LogP contribution >= 0.6 is 0 Å². The molecular weight excluding hydrogens is 398 g/mol. The smallest absolute Gasteiger partial charge is 0.331 e. The topological polar surface area (TPSA) is 64.7 Å². The van der Waals surface area contributed by atoms with Gasteiger partial charge in [0.1, 0.15) is 17.3 Å². The number of nitrogens with zero attached hydrogens (tertiary/aromatic N) is 4. The van der Waals surface area contributed by atoms with Gasteiger partial charge in [0, 0.05) is 25.0 Å². The summed E-state index contributed by atoms with van der Waals surface area (Å²) in [6, 6.07) is 9.08. The number of rotatable bonds is 5. The lowest BCUT2D eigenvalue weighted by Gasteiger charge is -2.19. The molecule has 0 bridgehead atoms. The van der Waals surface area contributed by atoms with Gasteiger partial charge in [-0.1, -0.05) is 64.8 Å². The highest BCUT2D eigenvalue weighted by Gasteiger charge is 2.33. The van der Waals surface area contributed by atoms with E-state index in [2.05, 4.69) is 57.3 Å². The molecule has 0 radical (unpaired) electrons. The van der Waals surface area contributed by atoms with E-state index in [4.69, 9.17) is 9.97 Å². The van der Waals surface area contributed by atoms with Gasteiger partial charge in [-0.3, -0.25) is 9.13 Å². The number of aromatic nitrogens is 4. The Labute approximate surface area is 190 Å². The minimum Gasteiger partial charge on any atom is -0.365 e. The minimum absolute atomic E-state index is 0.0327. The molecule has 1 atom stereocenters. The van der Waals surface area contributed by atoms with E-state index in [0.717, 1.165) is 48.8 Å². The van der Waals surface area contributed by atoms with E-state index in [1.807, 2.05) is 9.13 Å². The number of imidazole rings is 1. The molecular formula is C26H35N5O. The van der Waals surface area contributed by atoms with Crippen LogP contribution in [0.25, 0.3) is 11.5 Å². The third kappa shape index (κ3) is 3.74. The summed E-state index contributed by atoms with van der Waals surface area (Å²) in [5, 5.41) is 3.63. The molecule has 3 heterocycles. The summed E-state index contributed by atoms with van der Waals surface area (Å²) in [4.78, 5) is 23.2. The van der Waals surface area contributed by atoms with Crippen molar-refractivity contribution in [3.63, 3.8) is 0 Å². The molecule has 0 aromatic heterocycles. The van der Waals surface area contributed by atoms with Crippen molar-refractivity contribution < 1.29 is 0 Å². The number of hydrogen-bond acceptors (Lipinski definition) is 4. The molecule has 6 heteroatoms. The molecule has 32 heavy (non-hydrogen) atoms. The van der Waals surface area contributed by atoms with Crippen LogP contribution in [-0.4, -0.2) is 25.1 Å². The SMILES string of the molecule is CCCn1c2nc(C3CCCC3)nc-2c2n(c1=O)CC(Cc1ccc(C(C)(C)C)cc1)N2. The first-order chi connectivity index (χ1) is 15.3. The van der Waals surface area contributed by atoms with E-state index in [-0.39, 0.29) is 17.1 Å². The molecule has 4 aliphatic rings. The zero-order chi connectivity index (χ0) is 22.5. The van der Waals surface area contributed by atoms with Crippen LogP contribution in [0.3, 0.4) is 0 Å². The van der Waals surface area contributed by atoms with Crippen LogP contribution in [0.5, 0.6) is 0 Å². The van der Waals surface area contributed by atoms with Crippen LogP contribution in [0.15, 0.2) is 29.1 Å². The van der Waals surface area contributed by atoms with Crippen LogP contribution in [0.1, 0.15) is 82.7 Å². The summed E-state index contributed by atoms with van der Waals surface area (Å²) >= 11 is 0. The van der Waals surface area contributed by atoms with E-state index in [0.29, 0.717) is 19.0 Å². The molecule has 1 aliphatic carbocycles. The third-order valence-corrected chi connectivity index (χ3v) is 7.08. The average Bonchev–Trinajstić information content (AvgIpc) is 3.49. The van der Waals surface area contributed by atoms with Crippen molar-refractivity contribution in [2.75, 3.05) is 5.32 Å². The summed E-state index contributed by atoms with van der Waals surface area (Å²) in [6.07, 6.45) is 6.59. The number of hydrogen-bond donors (Lipinski definition) is 1. The van der Waals surface area contributed by atoms with E-state index in [9.17, 15) is 4.79 Å². The minimum atomic E-state index is 0.0327. The molecule has 0 amide bonds. The lowest BCUT2D eigenvalue weighted by molar-refractivity contribution is 0.559. The van der Waals surface area contributed by atoms with Crippen molar-refractivity contribution in [2.24, 2.45) is 0 Å². The Kier molecular flexibility index (Phi) is 5.34. The summed E-state index contributed by atoms with van der Waals surface area (Å²) in [5.41, 5.74) is 3.68. The molecule has 1 saturated carbocycles. The quantitative estimate of drug-likeness (QED) is 0.619. The largest absolute Gasteiger partial charge is 0.365 e. The first-order valence-corrected chi connectivity index (χ1v) is 12.2. The second-order valence-corrected chi connectivity index (χ2v) is 10.6. The normalized spacial score (nSPS) is 18.9. The van der Waals surface area contributed by atoms with Gasteiger partial charge >= 0.3 is 5.69 Å². The van der Waals surface area contributed by atoms with E-state index in [1.165, 1.54) is 24.0 Å². The van der Waals surface area contributed by atoms with Crippen LogP contribution in [-0.2, 0) is 24.9 Å². The van der Waals surface area contributed by atoms with Crippen LogP contribution in [0, 0.1) is 0 Å². The standard InChI is InChI=1S/C26H35N5O/c1-5-14-30-24-21(28-22(29-24)18-8-6-7-9-18)23-27-20(16-31(23)25(30)32)15-17-10-12-19(13-11-17)26(2,3)4/h10-13,18,20,27H,5-9,14-16H2,1-4H3. The van der Waals surface area contributed by atoms with Crippen molar-refractivity contribution >= 4 is 5.82 Å². The molecule has 170 valence electrons. The Balaban J connectivity index is 1.46. The van der Waals surface area contributed by atoms with Crippen LogP contribution in [0.4, 0.5) is 5.82 Å². The van der Waals surface area contributed by atoms with Gasteiger partial charge in [0.15, 0.2) is 5.82 Å². The predicted molar refractivity (Wildman–Crippen MR) is 129 cm³/mol. The van der Waals surface area contributed by atoms with Gasteiger partial charge in [-0.05, 0) is 42.2 Å². The summed E-state index contributed by atoms with van der Waals surface area (Å²) in [7, 11) is 0. The van der Waals surface area contributed by atoms with Gasteiger partial charge < -0.3 is 5.32 Å². The molecule has 1 fully saturated rings. The summed E-state index contributed by atoms with van der Waals surface area (Å²) < 4.78 is 3.73. The van der Waals surface area contributed by atoms with Crippen molar-refractivity contribution in [1.82, 2.24) is 19.1 Å². The fourth-order valence-electron chi connectivity index (χ4n) is 5.27. The molecule has 5 rings (SSSR count). The van der Waals surface area contributed by atoms with Gasteiger partial charge in [-0.25, -0.2) is 14.8 Å². The predicted octanol–water partition coefficient (Wildman–Crippen LogP) is 4.95. The lowest BCUT2D eigenvalue weighted by atomic mass is 9.86. The Morgan fingerprint density at radius 3 is 2.47 bits per heavy atom. The summed E-state index contributed by atoms with van der Waals surface area (Å²) in [5.74, 6) is 2.98. The van der Waals surface area contributed by atoms with E-state index >= 15 is 0 Å². The highest BCUT2D eigenvalue weighted by molar-refractivity contribution is 5.70. The fraction of sp³-hybridized carbons (Fsp3) is 0.577. The van der Waals surface area contributed by atoms with E-state index < -0.39 is 0 Å². The fourth-order valence-corrected chi connectivity index (χ4v) is 5.27. The van der Waals surface area contributed by atoms with Gasteiger partial charge in [-0.2, -0.15) is 0 Å². The maximum absolute atomic E-state index is 13.4. The number of fused-ring (bicyclic) bond motifs is 3. The second kappa shape index (κ2) is 8.05. The van der Waals surface area contributed by atoms with E-state index in [1.54, 1.807) is 0 Å². The Bertz CT molecular complexity index is 1130. The van der Waals surface area contributed by atoms with Gasteiger partial charge in [0.2, 0.25) is 0 Å². The van der Waals surface area contributed by atoms with Gasteiger partial charge in [0.25, 0.3) is 0 Å².